The van der Waals surface area contributed by atoms with Crippen molar-refractivity contribution < 1.29 is 19.4 Å². The molecule has 0 aliphatic rings. The SMILES string of the molecule is CCOCC(NC(=O)N(CC(=O)O)C(C)CC)C(C)C. The molecule has 0 aromatic rings. The number of urea groups is 1. The average molecular weight is 288 g/mol. The first kappa shape index (κ1) is 18.7. The lowest BCUT2D eigenvalue weighted by atomic mass is 10.1. The predicted octanol–water partition coefficient (Wildman–Crippen LogP) is 1.94. The summed E-state index contributed by atoms with van der Waals surface area (Å²) in [5, 5.41) is 11.8. The van der Waals surface area contributed by atoms with Crippen LogP contribution in [0.2, 0.25) is 0 Å². The zero-order chi connectivity index (χ0) is 15.7. The number of carbonyl (C=O) groups is 2. The Balaban J connectivity index is 4.73. The molecule has 2 atom stereocenters. The van der Waals surface area contributed by atoms with Crippen molar-refractivity contribution in [2.45, 2.75) is 53.1 Å². The fourth-order valence-corrected chi connectivity index (χ4v) is 1.68. The summed E-state index contributed by atoms with van der Waals surface area (Å²) in [4.78, 5) is 24.5. The first-order valence-corrected chi connectivity index (χ1v) is 7.20. The van der Waals surface area contributed by atoms with Crippen molar-refractivity contribution >= 4 is 12.0 Å². The Labute approximate surface area is 121 Å². The summed E-state index contributed by atoms with van der Waals surface area (Å²) in [5.74, 6) is -0.791. The van der Waals surface area contributed by atoms with E-state index < -0.39 is 5.97 Å². The van der Waals surface area contributed by atoms with E-state index in [1.54, 1.807) is 0 Å². The van der Waals surface area contributed by atoms with E-state index in [9.17, 15) is 9.59 Å². The molecule has 0 rings (SSSR count). The highest BCUT2D eigenvalue weighted by Crippen LogP contribution is 2.07. The van der Waals surface area contributed by atoms with Gasteiger partial charge in [0, 0.05) is 12.6 Å². The fraction of sp³-hybridized carbons (Fsp3) is 0.857. The van der Waals surface area contributed by atoms with Gasteiger partial charge in [-0.25, -0.2) is 4.79 Å². The standard InChI is InChI=1S/C14H28N2O4/c1-6-11(5)16(8-13(17)18)14(19)15-12(10(3)4)9-20-7-2/h10-12H,6-9H2,1-5H3,(H,15,19)(H,17,18). The van der Waals surface area contributed by atoms with Crippen molar-refractivity contribution in [3.05, 3.63) is 0 Å². The highest BCUT2D eigenvalue weighted by molar-refractivity contribution is 5.80. The van der Waals surface area contributed by atoms with Crippen LogP contribution in [0.1, 0.15) is 41.0 Å². The van der Waals surface area contributed by atoms with Crippen molar-refractivity contribution in [1.82, 2.24) is 10.2 Å². The van der Waals surface area contributed by atoms with Gasteiger partial charge in [-0.15, -0.1) is 0 Å². The first-order chi connectivity index (χ1) is 9.33. The summed E-state index contributed by atoms with van der Waals surface area (Å²) in [6, 6.07) is -0.589. The third-order valence-electron chi connectivity index (χ3n) is 3.30. The van der Waals surface area contributed by atoms with Gasteiger partial charge in [-0.2, -0.15) is 0 Å². The highest BCUT2D eigenvalue weighted by Gasteiger charge is 2.25. The lowest BCUT2D eigenvalue weighted by Gasteiger charge is -2.30. The van der Waals surface area contributed by atoms with Crippen LogP contribution in [0.3, 0.4) is 0 Å². The molecule has 0 aromatic heterocycles. The van der Waals surface area contributed by atoms with Gasteiger partial charge >= 0.3 is 12.0 Å². The van der Waals surface area contributed by atoms with Gasteiger partial charge < -0.3 is 20.1 Å². The molecule has 0 bridgehead atoms. The van der Waals surface area contributed by atoms with Crippen LogP contribution < -0.4 is 5.32 Å². The van der Waals surface area contributed by atoms with E-state index in [1.807, 2.05) is 34.6 Å². The van der Waals surface area contributed by atoms with E-state index in [-0.39, 0.29) is 30.6 Å². The number of carboxylic acid groups (broad SMARTS) is 1. The number of nitrogens with one attached hydrogen (secondary N) is 1. The minimum Gasteiger partial charge on any atom is -0.480 e. The minimum absolute atomic E-state index is 0.119. The zero-order valence-corrected chi connectivity index (χ0v) is 13.2. The van der Waals surface area contributed by atoms with Gasteiger partial charge in [0.05, 0.1) is 12.6 Å². The molecular weight excluding hydrogens is 260 g/mol. The Morgan fingerprint density at radius 3 is 2.25 bits per heavy atom. The molecule has 2 amide bonds. The topological polar surface area (TPSA) is 78.9 Å². The maximum Gasteiger partial charge on any atom is 0.323 e. The summed E-state index contributed by atoms with van der Waals surface area (Å²) in [6.45, 7) is 10.4. The second-order valence-electron chi connectivity index (χ2n) is 5.24. The average Bonchev–Trinajstić information content (AvgIpc) is 2.38. The number of ether oxygens (including phenoxy) is 1. The van der Waals surface area contributed by atoms with E-state index in [0.29, 0.717) is 19.6 Å². The molecule has 118 valence electrons. The maximum atomic E-state index is 12.3. The van der Waals surface area contributed by atoms with Crippen LogP contribution in [0.15, 0.2) is 0 Å². The smallest absolute Gasteiger partial charge is 0.323 e. The molecule has 0 spiro atoms. The highest BCUT2D eigenvalue weighted by atomic mass is 16.5. The zero-order valence-electron chi connectivity index (χ0n) is 13.2. The maximum absolute atomic E-state index is 12.3. The Morgan fingerprint density at radius 1 is 1.25 bits per heavy atom. The summed E-state index contributed by atoms with van der Waals surface area (Å²) in [5.41, 5.74) is 0. The summed E-state index contributed by atoms with van der Waals surface area (Å²) < 4.78 is 5.36. The van der Waals surface area contributed by atoms with E-state index in [0.717, 1.165) is 0 Å². The van der Waals surface area contributed by atoms with Crippen molar-refractivity contribution in [3.8, 4) is 0 Å². The Bertz CT molecular complexity index is 308. The molecule has 6 heteroatoms. The Hall–Kier alpha value is -1.30. The number of aliphatic carboxylic acids is 1. The second-order valence-corrected chi connectivity index (χ2v) is 5.24. The van der Waals surface area contributed by atoms with Crippen LogP contribution in [0, 0.1) is 5.92 Å². The van der Waals surface area contributed by atoms with Crippen molar-refractivity contribution in [1.29, 1.82) is 0 Å². The largest absolute Gasteiger partial charge is 0.480 e. The monoisotopic (exact) mass is 288 g/mol. The summed E-state index contributed by atoms with van der Waals surface area (Å²) >= 11 is 0. The van der Waals surface area contributed by atoms with Gasteiger partial charge in [0.2, 0.25) is 0 Å². The molecule has 0 saturated heterocycles. The van der Waals surface area contributed by atoms with Gasteiger partial charge in [0.15, 0.2) is 0 Å². The molecule has 2 N–H and O–H groups in total. The summed E-state index contributed by atoms with van der Waals surface area (Å²) in [6.07, 6.45) is 0.707. The van der Waals surface area contributed by atoms with Gasteiger partial charge in [0.1, 0.15) is 6.54 Å². The number of hydrogen-bond acceptors (Lipinski definition) is 3. The Morgan fingerprint density at radius 2 is 1.85 bits per heavy atom. The number of carboxylic acids is 1. The third-order valence-corrected chi connectivity index (χ3v) is 3.30. The van der Waals surface area contributed by atoms with Crippen LogP contribution >= 0.6 is 0 Å². The first-order valence-electron chi connectivity index (χ1n) is 7.20. The van der Waals surface area contributed by atoms with Crippen molar-refractivity contribution in [2.75, 3.05) is 19.8 Å². The second kappa shape index (κ2) is 9.58. The number of carbonyl (C=O) groups excluding carboxylic acids is 1. The predicted molar refractivity (Wildman–Crippen MR) is 77.7 cm³/mol. The molecule has 20 heavy (non-hydrogen) atoms. The molecule has 0 heterocycles. The third kappa shape index (κ3) is 6.75. The number of nitrogens with zero attached hydrogens (tertiary/aromatic N) is 1. The van der Waals surface area contributed by atoms with Crippen LogP contribution in [-0.2, 0) is 9.53 Å². The number of hydrogen-bond donors (Lipinski definition) is 2. The molecule has 0 saturated carbocycles. The molecule has 0 aliphatic heterocycles. The Kier molecular flexibility index (Phi) is 8.96. The fourth-order valence-electron chi connectivity index (χ4n) is 1.68. The van der Waals surface area contributed by atoms with Gasteiger partial charge in [-0.1, -0.05) is 20.8 Å². The van der Waals surface area contributed by atoms with E-state index in [4.69, 9.17) is 9.84 Å². The molecule has 2 unspecified atom stereocenters. The van der Waals surface area contributed by atoms with Gasteiger partial charge in [-0.05, 0) is 26.2 Å². The molecular formula is C14H28N2O4. The van der Waals surface area contributed by atoms with Crippen LogP contribution in [-0.4, -0.2) is 53.8 Å². The molecule has 0 aromatic carbocycles. The van der Waals surface area contributed by atoms with Crippen LogP contribution in [0.5, 0.6) is 0 Å². The molecule has 0 fully saturated rings. The van der Waals surface area contributed by atoms with Crippen LogP contribution in [0.4, 0.5) is 4.79 Å². The van der Waals surface area contributed by atoms with Crippen molar-refractivity contribution in [2.24, 2.45) is 5.92 Å². The molecule has 0 radical (unpaired) electrons. The number of rotatable bonds is 9. The number of amides is 2. The molecule has 0 aliphatic carbocycles. The van der Waals surface area contributed by atoms with Gasteiger partial charge in [0.25, 0.3) is 0 Å². The lowest BCUT2D eigenvalue weighted by molar-refractivity contribution is -0.138. The van der Waals surface area contributed by atoms with E-state index in [2.05, 4.69) is 5.32 Å². The summed E-state index contributed by atoms with van der Waals surface area (Å²) in [7, 11) is 0. The normalized spacial score (nSPS) is 13.9. The molecule has 6 nitrogen and oxygen atoms in total. The minimum atomic E-state index is -1.01. The quantitative estimate of drug-likeness (QED) is 0.679. The van der Waals surface area contributed by atoms with Crippen molar-refractivity contribution in [3.63, 3.8) is 0 Å². The van der Waals surface area contributed by atoms with Crippen LogP contribution in [0.25, 0.3) is 0 Å². The van der Waals surface area contributed by atoms with E-state index >= 15 is 0 Å². The van der Waals surface area contributed by atoms with E-state index in [1.165, 1.54) is 4.90 Å². The van der Waals surface area contributed by atoms with Gasteiger partial charge in [-0.3, -0.25) is 4.79 Å². The lowest BCUT2D eigenvalue weighted by Crippen LogP contribution is -2.52.